The third-order valence-corrected chi connectivity index (χ3v) is 6.69. The van der Waals surface area contributed by atoms with Gasteiger partial charge in [0, 0.05) is 55.4 Å². The lowest BCUT2D eigenvalue weighted by Gasteiger charge is -2.51. The Kier molecular flexibility index (Phi) is 4.48. The molecule has 3 heterocycles. The number of hydrazone groups is 1. The van der Waals surface area contributed by atoms with Gasteiger partial charge in [0.1, 0.15) is 5.75 Å². The fourth-order valence-corrected chi connectivity index (χ4v) is 5.13. The van der Waals surface area contributed by atoms with Gasteiger partial charge in [0.2, 0.25) is 11.6 Å². The number of rotatable bonds is 1. The molecule has 0 saturated carbocycles. The number of benzene rings is 2. The average Bonchev–Trinajstić information content (AvgIpc) is 3.15. The number of likely N-dealkylation sites (tertiary alicyclic amines) is 1. The van der Waals surface area contributed by atoms with Crippen LogP contribution in [0, 0.1) is 0 Å². The Morgan fingerprint density at radius 2 is 1.93 bits per heavy atom. The van der Waals surface area contributed by atoms with E-state index in [2.05, 4.69) is 11.1 Å². The molecule has 150 valence electrons. The van der Waals surface area contributed by atoms with E-state index in [-0.39, 0.29) is 11.9 Å². The molecule has 1 spiro atoms. The van der Waals surface area contributed by atoms with Gasteiger partial charge in [-0.15, -0.1) is 0 Å². The van der Waals surface area contributed by atoms with Crippen molar-refractivity contribution >= 4 is 34.8 Å². The molecule has 2 aromatic rings. The van der Waals surface area contributed by atoms with Crippen molar-refractivity contribution in [2.45, 2.75) is 38.0 Å². The van der Waals surface area contributed by atoms with Gasteiger partial charge in [-0.3, -0.25) is 4.79 Å². The van der Waals surface area contributed by atoms with Crippen molar-refractivity contribution in [3.63, 3.8) is 0 Å². The topological polar surface area (TPSA) is 45.1 Å². The summed E-state index contributed by atoms with van der Waals surface area (Å²) in [4.78, 5) is 13.7. The molecule has 1 unspecified atom stereocenters. The zero-order chi connectivity index (χ0) is 20.2. The number of hydrogen-bond acceptors (Lipinski definition) is 4. The molecule has 1 atom stereocenters. The number of amides is 1. The van der Waals surface area contributed by atoms with Gasteiger partial charge in [-0.2, -0.15) is 5.10 Å². The van der Waals surface area contributed by atoms with Crippen molar-refractivity contribution in [2.75, 3.05) is 13.1 Å². The van der Waals surface area contributed by atoms with Crippen molar-refractivity contribution in [3.05, 3.63) is 63.6 Å². The summed E-state index contributed by atoms with van der Waals surface area (Å²) >= 11 is 12.6. The lowest BCUT2D eigenvalue weighted by atomic mass is 9.90. The van der Waals surface area contributed by atoms with E-state index >= 15 is 0 Å². The highest BCUT2D eigenvalue weighted by molar-refractivity contribution is 6.37. The van der Waals surface area contributed by atoms with Crippen molar-refractivity contribution in [2.24, 2.45) is 5.10 Å². The third kappa shape index (κ3) is 3.08. The van der Waals surface area contributed by atoms with E-state index in [1.165, 1.54) is 0 Å². The predicted molar refractivity (Wildman–Crippen MR) is 113 cm³/mol. The number of hydrogen-bond donors (Lipinski definition) is 0. The lowest BCUT2D eigenvalue weighted by Crippen LogP contribution is -2.59. The average molecular weight is 430 g/mol. The van der Waals surface area contributed by atoms with E-state index < -0.39 is 5.72 Å². The first-order valence-corrected chi connectivity index (χ1v) is 10.6. The predicted octanol–water partition coefficient (Wildman–Crippen LogP) is 4.88. The van der Waals surface area contributed by atoms with Crippen LogP contribution in [0.4, 0.5) is 0 Å². The zero-order valence-electron chi connectivity index (χ0n) is 16.1. The maximum Gasteiger partial charge on any atom is 0.219 e. The third-order valence-electron chi connectivity index (χ3n) is 6.14. The second-order valence-electron chi connectivity index (χ2n) is 7.83. The van der Waals surface area contributed by atoms with Gasteiger partial charge in [0.15, 0.2) is 0 Å². The minimum atomic E-state index is -0.550. The zero-order valence-corrected chi connectivity index (χ0v) is 17.6. The van der Waals surface area contributed by atoms with Gasteiger partial charge < -0.3 is 9.64 Å². The monoisotopic (exact) mass is 429 g/mol. The Morgan fingerprint density at radius 1 is 1.17 bits per heavy atom. The molecule has 5 nitrogen and oxygen atoms in total. The second kappa shape index (κ2) is 6.92. The van der Waals surface area contributed by atoms with Crippen LogP contribution in [0.15, 0.2) is 47.6 Å². The van der Waals surface area contributed by atoms with Crippen molar-refractivity contribution in [1.29, 1.82) is 0 Å². The van der Waals surface area contributed by atoms with Crippen LogP contribution in [0.5, 0.6) is 5.75 Å². The minimum Gasteiger partial charge on any atom is -0.466 e. The quantitative estimate of drug-likeness (QED) is 0.648. The summed E-state index contributed by atoms with van der Waals surface area (Å²) < 4.78 is 6.56. The standard InChI is InChI=1S/C22H21Cl2N3O2/c1-14(28)26-10-8-22(9-11-26)27-20(17-4-2-3-5-21(17)29-22)13-19(25-27)16-7-6-15(23)12-18(16)24/h2-7,12,20H,8-11,13H2,1H3. The van der Waals surface area contributed by atoms with Gasteiger partial charge in [-0.05, 0) is 18.2 Å². The Labute approximate surface area is 179 Å². The molecule has 7 heteroatoms. The Morgan fingerprint density at radius 3 is 2.66 bits per heavy atom. The van der Waals surface area contributed by atoms with Gasteiger partial charge in [0.05, 0.1) is 16.8 Å². The molecule has 29 heavy (non-hydrogen) atoms. The largest absolute Gasteiger partial charge is 0.466 e. The van der Waals surface area contributed by atoms with Crippen LogP contribution in [0.25, 0.3) is 0 Å². The highest BCUT2D eigenvalue weighted by Gasteiger charge is 2.52. The van der Waals surface area contributed by atoms with Crippen LogP contribution in [-0.4, -0.2) is 40.3 Å². The normalized spacial score (nSPS) is 22.0. The maximum atomic E-state index is 11.8. The first-order valence-electron chi connectivity index (χ1n) is 9.82. The number of carbonyl (C=O) groups excluding carboxylic acids is 1. The maximum absolute atomic E-state index is 11.8. The number of nitrogens with zero attached hydrogens (tertiary/aromatic N) is 3. The van der Waals surface area contributed by atoms with Crippen LogP contribution < -0.4 is 4.74 Å². The first-order chi connectivity index (χ1) is 14.0. The molecule has 0 aliphatic carbocycles. The molecule has 2 aromatic carbocycles. The van der Waals surface area contributed by atoms with Gasteiger partial charge >= 0.3 is 0 Å². The summed E-state index contributed by atoms with van der Waals surface area (Å²) in [5.41, 5.74) is 2.42. The Balaban J connectivity index is 1.55. The Hall–Kier alpha value is -2.24. The van der Waals surface area contributed by atoms with E-state index in [0.717, 1.165) is 29.0 Å². The van der Waals surface area contributed by atoms with Crippen LogP contribution in [-0.2, 0) is 4.79 Å². The first kappa shape index (κ1) is 18.8. The van der Waals surface area contributed by atoms with Crippen LogP contribution >= 0.6 is 23.2 Å². The van der Waals surface area contributed by atoms with Gasteiger partial charge in [-0.1, -0.05) is 47.5 Å². The molecule has 0 aromatic heterocycles. The highest BCUT2D eigenvalue weighted by atomic mass is 35.5. The lowest BCUT2D eigenvalue weighted by molar-refractivity contribution is -0.158. The van der Waals surface area contributed by atoms with Gasteiger partial charge in [-0.25, -0.2) is 5.01 Å². The second-order valence-corrected chi connectivity index (χ2v) is 8.67. The summed E-state index contributed by atoms with van der Waals surface area (Å²) in [7, 11) is 0. The van der Waals surface area contributed by atoms with E-state index in [1.807, 2.05) is 35.2 Å². The van der Waals surface area contributed by atoms with Crippen LogP contribution in [0.3, 0.4) is 0 Å². The molecule has 1 amide bonds. The minimum absolute atomic E-state index is 0.0885. The van der Waals surface area contributed by atoms with E-state index in [0.29, 0.717) is 36.0 Å². The number of carbonyl (C=O) groups is 1. The van der Waals surface area contributed by atoms with Gasteiger partial charge in [0.25, 0.3) is 0 Å². The van der Waals surface area contributed by atoms with Crippen molar-refractivity contribution < 1.29 is 9.53 Å². The Bertz CT molecular complexity index is 1010. The highest BCUT2D eigenvalue weighted by Crippen LogP contribution is 2.50. The molecule has 1 saturated heterocycles. The number of piperidine rings is 1. The summed E-state index contributed by atoms with van der Waals surface area (Å²) in [6.07, 6.45) is 2.17. The fourth-order valence-electron chi connectivity index (χ4n) is 4.62. The summed E-state index contributed by atoms with van der Waals surface area (Å²) in [5.74, 6) is 1.01. The van der Waals surface area contributed by atoms with E-state index in [9.17, 15) is 4.79 Å². The van der Waals surface area contributed by atoms with Crippen LogP contribution in [0.1, 0.15) is 43.4 Å². The summed E-state index contributed by atoms with van der Waals surface area (Å²) in [5, 5.41) is 8.34. The smallest absolute Gasteiger partial charge is 0.219 e. The molecule has 0 bridgehead atoms. The molecule has 3 aliphatic heterocycles. The number of fused-ring (bicyclic) bond motifs is 4. The molecule has 3 aliphatic rings. The number of ether oxygens (including phenoxy) is 1. The van der Waals surface area contributed by atoms with E-state index in [1.54, 1.807) is 13.0 Å². The molecule has 5 rings (SSSR count). The SMILES string of the molecule is CC(=O)N1CCC2(CC1)Oc1ccccc1C1CC(c3ccc(Cl)cc3Cl)=NN12. The summed E-state index contributed by atoms with van der Waals surface area (Å²) in [6.45, 7) is 2.94. The molecule has 1 fully saturated rings. The number of para-hydroxylation sites is 1. The van der Waals surface area contributed by atoms with Crippen molar-refractivity contribution in [1.82, 2.24) is 9.91 Å². The molecule has 0 radical (unpaired) electrons. The van der Waals surface area contributed by atoms with Crippen LogP contribution in [0.2, 0.25) is 10.0 Å². The molecular weight excluding hydrogens is 409 g/mol. The summed E-state index contributed by atoms with van der Waals surface area (Å²) in [6, 6.07) is 13.8. The van der Waals surface area contributed by atoms with Crippen molar-refractivity contribution in [3.8, 4) is 5.75 Å². The molecule has 0 N–H and O–H groups in total. The fraction of sp³-hybridized carbons (Fsp3) is 0.364. The number of halogens is 2. The molecular formula is C22H21Cl2N3O2. The van der Waals surface area contributed by atoms with E-state index in [4.69, 9.17) is 33.0 Å².